The Bertz CT molecular complexity index is 608. The van der Waals surface area contributed by atoms with Crippen LogP contribution in [0, 0.1) is 11.6 Å². The van der Waals surface area contributed by atoms with Crippen molar-refractivity contribution in [1.29, 1.82) is 0 Å². The van der Waals surface area contributed by atoms with Gasteiger partial charge in [-0.3, -0.25) is 0 Å². The van der Waals surface area contributed by atoms with Crippen LogP contribution in [0.4, 0.5) is 8.78 Å². The average Bonchev–Trinajstić information content (AvgIpc) is 2.53. The van der Waals surface area contributed by atoms with Crippen molar-refractivity contribution in [2.75, 3.05) is 0 Å². The van der Waals surface area contributed by atoms with Crippen LogP contribution in [0.2, 0.25) is 5.15 Å². The van der Waals surface area contributed by atoms with E-state index in [9.17, 15) is 13.9 Å². The van der Waals surface area contributed by atoms with Gasteiger partial charge in [0.15, 0.2) is 5.82 Å². The maximum atomic E-state index is 14.4. The van der Waals surface area contributed by atoms with Gasteiger partial charge < -0.3 is 5.11 Å². The summed E-state index contributed by atoms with van der Waals surface area (Å²) in [6.07, 6.45) is 0. The first-order chi connectivity index (χ1) is 10.8. The number of aliphatic hydroxyl groups is 1. The molecule has 1 aromatic carbocycles. The van der Waals surface area contributed by atoms with Gasteiger partial charge in [0.25, 0.3) is 0 Å². The first kappa shape index (κ1) is 21.5. The van der Waals surface area contributed by atoms with E-state index in [1.807, 2.05) is 27.7 Å². The molecule has 128 valence electrons. The Kier molecular flexibility index (Phi) is 8.95. The second kappa shape index (κ2) is 9.58. The molecule has 2 rings (SSSR count). The lowest BCUT2D eigenvalue weighted by Crippen LogP contribution is -2.18. The van der Waals surface area contributed by atoms with Gasteiger partial charge in [0.05, 0.1) is 5.60 Å². The van der Waals surface area contributed by atoms with Crippen molar-refractivity contribution in [1.82, 2.24) is 4.98 Å². The second-order valence-electron chi connectivity index (χ2n) is 4.72. The Balaban J connectivity index is 0.00000112. The number of pyridine rings is 1. The van der Waals surface area contributed by atoms with Crippen LogP contribution in [-0.4, -0.2) is 10.1 Å². The lowest BCUT2D eigenvalue weighted by molar-refractivity contribution is 0.0745. The van der Waals surface area contributed by atoms with Gasteiger partial charge in [0.1, 0.15) is 16.7 Å². The molecule has 1 aromatic heterocycles. The van der Waals surface area contributed by atoms with E-state index >= 15 is 0 Å². The van der Waals surface area contributed by atoms with Crippen molar-refractivity contribution in [2.45, 2.75) is 47.1 Å². The van der Waals surface area contributed by atoms with Crippen LogP contribution >= 0.6 is 11.6 Å². The van der Waals surface area contributed by atoms with Crippen LogP contribution < -0.4 is 0 Å². The highest BCUT2D eigenvalue weighted by Crippen LogP contribution is 2.31. The number of halogens is 3. The molecule has 0 atom stereocenters. The average molecular weight is 344 g/mol. The van der Waals surface area contributed by atoms with Gasteiger partial charge >= 0.3 is 0 Å². The quantitative estimate of drug-likeness (QED) is 0.682. The van der Waals surface area contributed by atoms with E-state index in [2.05, 4.69) is 4.98 Å². The number of aromatic nitrogens is 1. The second-order valence-corrected chi connectivity index (χ2v) is 5.11. The number of rotatable bonds is 2. The Hall–Kier alpha value is -1.52. The minimum atomic E-state index is -1.38. The fourth-order valence-corrected chi connectivity index (χ4v) is 1.94. The summed E-state index contributed by atoms with van der Waals surface area (Å²) in [4.78, 5) is 3.90. The van der Waals surface area contributed by atoms with Gasteiger partial charge in [-0.1, -0.05) is 39.3 Å². The number of nitrogens with zero attached hydrogens (tertiary/aromatic N) is 1. The molecule has 0 fully saturated rings. The van der Waals surface area contributed by atoms with E-state index in [1.165, 1.54) is 44.2 Å². The molecule has 0 saturated heterocycles. The van der Waals surface area contributed by atoms with Crippen LogP contribution in [0.15, 0.2) is 30.3 Å². The van der Waals surface area contributed by atoms with E-state index in [1.54, 1.807) is 0 Å². The van der Waals surface area contributed by atoms with Crippen molar-refractivity contribution in [2.24, 2.45) is 0 Å². The smallest absolute Gasteiger partial charge is 0.155 e. The van der Waals surface area contributed by atoms with E-state index in [0.717, 1.165) is 0 Å². The largest absolute Gasteiger partial charge is 0.386 e. The minimum absolute atomic E-state index is 0.00961. The van der Waals surface area contributed by atoms with E-state index in [4.69, 9.17) is 11.6 Å². The highest BCUT2D eigenvalue weighted by atomic mass is 35.5. The summed E-state index contributed by atoms with van der Waals surface area (Å²) in [7, 11) is 0. The van der Waals surface area contributed by atoms with Crippen LogP contribution in [0.5, 0.6) is 0 Å². The summed E-state index contributed by atoms with van der Waals surface area (Å²) in [5.41, 5.74) is -0.950. The summed E-state index contributed by atoms with van der Waals surface area (Å²) >= 11 is 5.85. The third kappa shape index (κ3) is 5.88. The zero-order valence-electron chi connectivity index (χ0n) is 14.4. The zero-order valence-corrected chi connectivity index (χ0v) is 15.2. The normalized spacial score (nSPS) is 10.2. The molecule has 0 aliphatic heterocycles. The summed E-state index contributed by atoms with van der Waals surface area (Å²) in [6.45, 7) is 10.9. The molecular formula is C18H24ClF2NO. The summed E-state index contributed by atoms with van der Waals surface area (Å²) in [6, 6.07) is 6.52. The lowest BCUT2D eigenvalue weighted by atomic mass is 9.96. The number of hydrogen-bond donors (Lipinski definition) is 1. The van der Waals surface area contributed by atoms with Crippen molar-refractivity contribution in [3.8, 4) is 11.3 Å². The maximum Gasteiger partial charge on any atom is 0.155 e. The first-order valence-corrected chi connectivity index (χ1v) is 8.01. The third-order valence-electron chi connectivity index (χ3n) is 2.70. The van der Waals surface area contributed by atoms with E-state index in [-0.39, 0.29) is 16.4 Å². The van der Waals surface area contributed by atoms with Crippen molar-refractivity contribution in [3.05, 3.63) is 52.7 Å². The number of hydrogen-bond acceptors (Lipinski definition) is 2. The molecule has 5 heteroatoms. The predicted octanol–water partition coefficient (Wildman–Crippen LogP) is 5.96. The zero-order chi connectivity index (χ0) is 18.2. The maximum absolute atomic E-state index is 14.4. The monoisotopic (exact) mass is 343 g/mol. The molecule has 2 aromatic rings. The molecule has 1 N–H and O–H groups in total. The summed E-state index contributed by atoms with van der Waals surface area (Å²) in [5, 5.41) is 9.99. The SMILES string of the molecule is CC.CC.CC(C)(O)c1cc(Cl)nc(-c2ccc(F)cc2)c1F. The highest BCUT2D eigenvalue weighted by molar-refractivity contribution is 6.29. The Morgan fingerprint density at radius 1 is 1.00 bits per heavy atom. The number of benzene rings is 1. The molecule has 2 nitrogen and oxygen atoms in total. The van der Waals surface area contributed by atoms with Crippen LogP contribution in [0.25, 0.3) is 11.3 Å². The highest BCUT2D eigenvalue weighted by Gasteiger charge is 2.24. The van der Waals surface area contributed by atoms with Gasteiger partial charge in [-0.15, -0.1) is 0 Å². The van der Waals surface area contributed by atoms with Crippen molar-refractivity contribution in [3.63, 3.8) is 0 Å². The van der Waals surface area contributed by atoms with Crippen molar-refractivity contribution < 1.29 is 13.9 Å². The Labute approximate surface area is 142 Å². The molecule has 0 aliphatic carbocycles. The van der Waals surface area contributed by atoms with E-state index in [0.29, 0.717) is 5.56 Å². The predicted molar refractivity (Wildman–Crippen MR) is 92.5 cm³/mol. The topological polar surface area (TPSA) is 33.1 Å². The molecule has 0 bridgehead atoms. The molecule has 0 amide bonds. The summed E-state index contributed by atoms with van der Waals surface area (Å²) < 4.78 is 27.2. The molecule has 0 radical (unpaired) electrons. The Morgan fingerprint density at radius 3 is 1.91 bits per heavy atom. The molecule has 0 spiro atoms. The van der Waals surface area contributed by atoms with Crippen molar-refractivity contribution >= 4 is 11.6 Å². The van der Waals surface area contributed by atoms with E-state index < -0.39 is 17.2 Å². The molecule has 0 saturated carbocycles. The molecular weight excluding hydrogens is 320 g/mol. The van der Waals surface area contributed by atoms with Gasteiger partial charge in [-0.25, -0.2) is 13.8 Å². The summed E-state index contributed by atoms with van der Waals surface area (Å²) in [5.74, 6) is -1.09. The third-order valence-corrected chi connectivity index (χ3v) is 2.90. The molecule has 0 unspecified atom stereocenters. The van der Waals surface area contributed by atoms with Gasteiger partial charge in [0.2, 0.25) is 0 Å². The van der Waals surface area contributed by atoms with Crippen LogP contribution in [0.3, 0.4) is 0 Å². The van der Waals surface area contributed by atoms with Gasteiger partial charge in [-0.2, -0.15) is 0 Å². The fraction of sp³-hybridized carbons (Fsp3) is 0.389. The standard InChI is InChI=1S/C14H12ClF2NO.2C2H6/c1-14(2,19)10-7-11(15)18-13(12(10)17)8-3-5-9(16)6-4-8;2*1-2/h3-7,19H,1-2H3;2*1-2H3. The Morgan fingerprint density at radius 2 is 1.48 bits per heavy atom. The van der Waals surface area contributed by atoms with Gasteiger partial charge in [0, 0.05) is 11.1 Å². The molecule has 0 aliphatic rings. The van der Waals surface area contributed by atoms with Crippen LogP contribution in [0.1, 0.15) is 47.1 Å². The van der Waals surface area contributed by atoms with Gasteiger partial charge in [-0.05, 0) is 44.2 Å². The minimum Gasteiger partial charge on any atom is -0.386 e. The molecule has 23 heavy (non-hydrogen) atoms. The van der Waals surface area contributed by atoms with Crippen LogP contribution in [-0.2, 0) is 5.60 Å². The lowest BCUT2D eigenvalue weighted by Gasteiger charge is -2.20. The molecule has 1 heterocycles. The fourth-order valence-electron chi connectivity index (χ4n) is 1.74. The first-order valence-electron chi connectivity index (χ1n) is 7.64.